The molecule has 0 bridgehead atoms. The summed E-state index contributed by atoms with van der Waals surface area (Å²) in [6, 6.07) is 4.65. The van der Waals surface area contributed by atoms with Gasteiger partial charge in [-0.1, -0.05) is 11.8 Å². The van der Waals surface area contributed by atoms with E-state index >= 15 is 0 Å². The van der Waals surface area contributed by atoms with Gasteiger partial charge in [0, 0.05) is 13.1 Å². The first-order chi connectivity index (χ1) is 9.22. The molecule has 0 saturated heterocycles. The first-order valence-electron chi connectivity index (χ1n) is 6.27. The molecule has 0 amide bonds. The summed E-state index contributed by atoms with van der Waals surface area (Å²) < 4.78 is 7.21. The zero-order chi connectivity index (χ0) is 13.2. The Labute approximate surface area is 114 Å². The van der Waals surface area contributed by atoms with Crippen molar-refractivity contribution in [3.05, 3.63) is 34.1 Å². The summed E-state index contributed by atoms with van der Waals surface area (Å²) in [5.74, 6) is 2.52. The van der Waals surface area contributed by atoms with Crippen molar-refractivity contribution < 1.29 is 4.42 Å². The quantitative estimate of drug-likeness (QED) is 0.779. The molecular weight excluding hydrogens is 264 g/mol. The molecule has 7 heteroatoms. The van der Waals surface area contributed by atoms with Crippen LogP contribution in [0.15, 0.2) is 26.5 Å². The molecule has 0 aromatic carbocycles. The van der Waals surface area contributed by atoms with Gasteiger partial charge >= 0.3 is 5.69 Å². The lowest BCUT2D eigenvalue weighted by Gasteiger charge is -1.99. The van der Waals surface area contributed by atoms with Gasteiger partial charge in [-0.15, -0.1) is 5.10 Å². The van der Waals surface area contributed by atoms with E-state index in [4.69, 9.17) is 4.42 Å². The minimum Gasteiger partial charge on any atom is -0.464 e. The van der Waals surface area contributed by atoms with E-state index < -0.39 is 0 Å². The third-order valence-corrected chi connectivity index (χ3v) is 4.09. The fourth-order valence-electron chi connectivity index (χ4n) is 1.72. The predicted octanol–water partition coefficient (Wildman–Crippen LogP) is 1.25. The molecule has 1 aliphatic carbocycles. The summed E-state index contributed by atoms with van der Waals surface area (Å²) in [4.78, 5) is 11.2. The predicted molar refractivity (Wildman–Crippen MR) is 72.0 cm³/mol. The number of furan rings is 1. The van der Waals surface area contributed by atoms with Crippen LogP contribution in [0.3, 0.4) is 0 Å². The SMILES string of the molecule is Cn1c(SCc2ccc(CNC3CC3)o2)n[nH]c1=O. The third kappa shape index (κ3) is 3.10. The number of nitrogens with zero attached hydrogens (tertiary/aromatic N) is 2. The number of aromatic amines is 1. The van der Waals surface area contributed by atoms with Crippen LogP contribution < -0.4 is 11.0 Å². The van der Waals surface area contributed by atoms with E-state index in [2.05, 4.69) is 15.5 Å². The lowest BCUT2D eigenvalue weighted by Crippen LogP contribution is -2.14. The molecular formula is C12H16N4O2S. The van der Waals surface area contributed by atoms with Crippen molar-refractivity contribution in [2.45, 2.75) is 36.3 Å². The zero-order valence-corrected chi connectivity index (χ0v) is 11.5. The minimum absolute atomic E-state index is 0.198. The normalized spacial score (nSPS) is 15.0. The molecule has 102 valence electrons. The average Bonchev–Trinajstić information content (AvgIpc) is 3.05. The van der Waals surface area contributed by atoms with Crippen LogP contribution in [0.4, 0.5) is 0 Å². The second kappa shape index (κ2) is 5.26. The molecule has 1 aliphatic rings. The van der Waals surface area contributed by atoms with Crippen molar-refractivity contribution in [2.24, 2.45) is 7.05 Å². The van der Waals surface area contributed by atoms with Crippen LogP contribution in [0.25, 0.3) is 0 Å². The number of nitrogens with one attached hydrogen (secondary N) is 2. The molecule has 2 aromatic heterocycles. The third-order valence-electron chi connectivity index (χ3n) is 3.04. The van der Waals surface area contributed by atoms with Crippen molar-refractivity contribution in [2.75, 3.05) is 0 Å². The van der Waals surface area contributed by atoms with Crippen LogP contribution in [0.5, 0.6) is 0 Å². The van der Waals surface area contributed by atoms with E-state index in [-0.39, 0.29) is 5.69 Å². The summed E-state index contributed by atoms with van der Waals surface area (Å²) in [6.45, 7) is 0.788. The Morgan fingerprint density at radius 1 is 1.53 bits per heavy atom. The highest BCUT2D eigenvalue weighted by Crippen LogP contribution is 2.22. The van der Waals surface area contributed by atoms with Crippen LogP contribution >= 0.6 is 11.8 Å². The Balaban J connectivity index is 1.54. The van der Waals surface area contributed by atoms with Gasteiger partial charge in [-0.05, 0) is 25.0 Å². The van der Waals surface area contributed by atoms with Gasteiger partial charge in [0.15, 0.2) is 5.16 Å². The Morgan fingerprint density at radius 3 is 3.00 bits per heavy atom. The number of H-pyrrole nitrogens is 1. The second-order valence-corrected chi connectivity index (χ2v) is 5.62. The Kier molecular flexibility index (Phi) is 3.48. The van der Waals surface area contributed by atoms with Crippen LogP contribution in [0.1, 0.15) is 24.4 Å². The van der Waals surface area contributed by atoms with Crippen molar-refractivity contribution >= 4 is 11.8 Å². The molecule has 1 saturated carbocycles. The largest absolute Gasteiger partial charge is 0.464 e. The number of hydrogen-bond acceptors (Lipinski definition) is 5. The van der Waals surface area contributed by atoms with E-state index in [1.807, 2.05) is 12.1 Å². The molecule has 19 heavy (non-hydrogen) atoms. The van der Waals surface area contributed by atoms with Crippen LogP contribution in [-0.2, 0) is 19.3 Å². The van der Waals surface area contributed by atoms with Crippen LogP contribution in [0.2, 0.25) is 0 Å². The van der Waals surface area contributed by atoms with Gasteiger partial charge < -0.3 is 9.73 Å². The average molecular weight is 280 g/mol. The van der Waals surface area contributed by atoms with Gasteiger partial charge in [0.1, 0.15) is 11.5 Å². The highest BCUT2D eigenvalue weighted by atomic mass is 32.2. The smallest absolute Gasteiger partial charge is 0.343 e. The van der Waals surface area contributed by atoms with Crippen molar-refractivity contribution in [1.82, 2.24) is 20.1 Å². The van der Waals surface area contributed by atoms with Gasteiger partial charge in [0.2, 0.25) is 0 Å². The fourth-order valence-corrected chi connectivity index (χ4v) is 2.54. The minimum atomic E-state index is -0.198. The maximum Gasteiger partial charge on any atom is 0.343 e. The van der Waals surface area contributed by atoms with E-state index in [1.165, 1.54) is 29.2 Å². The molecule has 0 unspecified atom stereocenters. The van der Waals surface area contributed by atoms with Crippen molar-refractivity contribution in [1.29, 1.82) is 0 Å². The molecule has 2 heterocycles. The van der Waals surface area contributed by atoms with Crippen molar-refractivity contribution in [3.8, 4) is 0 Å². The van der Waals surface area contributed by atoms with Crippen molar-refractivity contribution in [3.63, 3.8) is 0 Å². The first-order valence-corrected chi connectivity index (χ1v) is 7.26. The maximum atomic E-state index is 11.2. The summed E-state index contributed by atoms with van der Waals surface area (Å²) in [5, 5.41) is 10.4. The Hall–Kier alpha value is -1.47. The summed E-state index contributed by atoms with van der Waals surface area (Å²) in [7, 11) is 1.70. The van der Waals surface area contributed by atoms with Crippen LogP contribution in [-0.4, -0.2) is 20.8 Å². The summed E-state index contributed by atoms with van der Waals surface area (Å²) in [5.41, 5.74) is -0.198. The fraction of sp³-hybridized carbons (Fsp3) is 0.500. The highest BCUT2D eigenvalue weighted by Gasteiger charge is 2.20. The number of aromatic nitrogens is 3. The molecule has 0 radical (unpaired) electrons. The monoisotopic (exact) mass is 280 g/mol. The molecule has 2 N–H and O–H groups in total. The lowest BCUT2D eigenvalue weighted by molar-refractivity contribution is 0.458. The van der Waals surface area contributed by atoms with E-state index in [0.717, 1.165) is 18.1 Å². The zero-order valence-electron chi connectivity index (χ0n) is 10.7. The lowest BCUT2D eigenvalue weighted by atomic mass is 10.4. The number of thioether (sulfide) groups is 1. The molecule has 0 aliphatic heterocycles. The molecule has 2 aromatic rings. The van der Waals surface area contributed by atoms with E-state index in [0.29, 0.717) is 17.0 Å². The molecule has 0 atom stereocenters. The van der Waals surface area contributed by atoms with Gasteiger partial charge in [0.25, 0.3) is 0 Å². The highest BCUT2D eigenvalue weighted by molar-refractivity contribution is 7.98. The van der Waals surface area contributed by atoms with Gasteiger partial charge in [-0.3, -0.25) is 4.57 Å². The molecule has 1 fully saturated rings. The maximum absolute atomic E-state index is 11.2. The number of rotatable bonds is 6. The Morgan fingerprint density at radius 2 is 2.32 bits per heavy atom. The first kappa shape index (κ1) is 12.6. The van der Waals surface area contributed by atoms with E-state index in [9.17, 15) is 4.79 Å². The molecule has 3 rings (SSSR count). The second-order valence-electron chi connectivity index (χ2n) is 4.68. The standard InChI is InChI=1S/C12H16N4O2S/c1-16-11(17)14-15-12(16)19-7-10-5-4-9(18-10)6-13-8-2-3-8/h4-5,8,13H,2-3,6-7H2,1H3,(H,14,17). The summed E-state index contributed by atoms with van der Waals surface area (Å²) in [6.07, 6.45) is 2.55. The Bertz CT molecular complexity index is 611. The van der Waals surface area contributed by atoms with Gasteiger partial charge in [-0.25, -0.2) is 9.89 Å². The van der Waals surface area contributed by atoms with Gasteiger partial charge in [0.05, 0.1) is 12.3 Å². The van der Waals surface area contributed by atoms with Crippen LogP contribution in [0, 0.1) is 0 Å². The van der Waals surface area contributed by atoms with E-state index in [1.54, 1.807) is 7.05 Å². The topological polar surface area (TPSA) is 75.8 Å². The molecule has 0 spiro atoms. The van der Waals surface area contributed by atoms with Gasteiger partial charge in [-0.2, -0.15) is 0 Å². The molecule has 6 nitrogen and oxygen atoms in total. The number of hydrogen-bond donors (Lipinski definition) is 2. The summed E-state index contributed by atoms with van der Waals surface area (Å²) >= 11 is 1.48.